The zero-order valence-electron chi connectivity index (χ0n) is 11.6. The van der Waals surface area contributed by atoms with E-state index in [1.54, 1.807) is 19.2 Å². The van der Waals surface area contributed by atoms with E-state index in [0.29, 0.717) is 0 Å². The van der Waals surface area contributed by atoms with Gasteiger partial charge in [-0.3, -0.25) is 0 Å². The Morgan fingerprint density at radius 2 is 2.05 bits per heavy atom. The van der Waals surface area contributed by atoms with E-state index in [9.17, 15) is 10.2 Å². The van der Waals surface area contributed by atoms with Gasteiger partial charge in [0.15, 0.2) is 0 Å². The van der Waals surface area contributed by atoms with Crippen molar-refractivity contribution in [3.05, 3.63) is 23.8 Å². The largest absolute Gasteiger partial charge is 0.508 e. The van der Waals surface area contributed by atoms with E-state index in [0.717, 1.165) is 37.0 Å². The molecule has 0 heterocycles. The predicted molar refractivity (Wildman–Crippen MR) is 74.5 cm³/mol. The molecule has 1 fully saturated rings. The van der Waals surface area contributed by atoms with Crippen molar-refractivity contribution in [2.75, 3.05) is 7.11 Å². The fourth-order valence-electron chi connectivity index (χ4n) is 2.72. The van der Waals surface area contributed by atoms with Gasteiger partial charge in [0.1, 0.15) is 11.5 Å². The number of nitrogens with one attached hydrogen (secondary N) is 1. The monoisotopic (exact) mass is 265 g/mol. The van der Waals surface area contributed by atoms with Gasteiger partial charge in [-0.05, 0) is 38.0 Å². The lowest BCUT2D eigenvalue weighted by molar-refractivity contribution is 0.0858. The first kappa shape index (κ1) is 14.2. The molecular formula is C15H23NO3. The summed E-state index contributed by atoms with van der Waals surface area (Å²) < 4.78 is 5.18. The predicted octanol–water partition coefficient (Wildman–Crippen LogP) is 2.35. The highest BCUT2D eigenvalue weighted by molar-refractivity contribution is 5.41. The summed E-state index contributed by atoms with van der Waals surface area (Å²) in [5, 5.41) is 23.3. The number of benzene rings is 1. The Morgan fingerprint density at radius 1 is 1.32 bits per heavy atom. The summed E-state index contributed by atoms with van der Waals surface area (Å²) in [7, 11) is 1.61. The van der Waals surface area contributed by atoms with Gasteiger partial charge < -0.3 is 20.3 Å². The average Bonchev–Trinajstić information content (AvgIpc) is 2.42. The number of aliphatic hydroxyl groups is 1. The van der Waals surface area contributed by atoms with Gasteiger partial charge in [0.2, 0.25) is 0 Å². The van der Waals surface area contributed by atoms with Crippen LogP contribution in [0.15, 0.2) is 18.2 Å². The highest BCUT2D eigenvalue weighted by Crippen LogP contribution is 2.30. The smallest absolute Gasteiger partial charge is 0.120 e. The van der Waals surface area contributed by atoms with Crippen LogP contribution in [0.1, 0.15) is 44.2 Å². The molecule has 0 radical (unpaired) electrons. The summed E-state index contributed by atoms with van der Waals surface area (Å²) >= 11 is 0. The van der Waals surface area contributed by atoms with Crippen LogP contribution in [0, 0.1) is 0 Å². The molecule has 3 N–H and O–H groups in total. The number of aliphatic hydroxyl groups excluding tert-OH is 1. The summed E-state index contributed by atoms with van der Waals surface area (Å²) in [6.45, 7) is 2.00. The van der Waals surface area contributed by atoms with E-state index in [2.05, 4.69) is 5.32 Å². The maximum absolute atomic E-state index is 9.99. The van der Waals surface area contributed by atoms with Crippen LogP contribution in [0.3, 0.4) is 0 Å². The third-order valence-electron chi connectivity index (χ3n) is 3.89. The SMILES string of the molecule is COc1ccc(O)c(C(C)NC2CCCCC2O)c1. The third-order valence-corrected chi connectivity index (χ3v) is 3.89. The number of methoxy groups -OCH3 is 1. The van der Waals surface area contributed by atoms with Crippen molar-refractivity contribution in [2.24, 2.45) is 0 Å². The Balaban J connectivity index is 2.08. The Morgan fingerprint density at radius 3 is 2.74 bits per heavy atom. The molecule has 0 aliphatic heterocycles. The Bertz CT molecular complexity index is 422. The number of rotatable bonds is 4. The van der Waals surface area contributed by atoms with E-state index < -0.39 is 0 Å². The fraction of sp³-hybridized carbons (Fsp3) is 0.600. The van der Waals surface area contributed by atoms with Gasteiger partial charge in [-0.2, -0.15) is 0 Å². The van der Waals surface area contributed by atoms with E-state index in [4.69, 9.17) is 4.74 Å². The number of phenols is 1. The Labute approximate surface area is 114 Å². The van der Waals surface area contributed by atoms with Crippen molar-refractivity contribution in [3.8, 4) is 11.5 Å². The summed E-state index contributed by atoms with van der Waals surface area (Å²) in [4.78, 5) is 0. The maximum atomic E-state index is 9.99. The van der Waals surface area contributed by atoms with Crippen LogP contribution in [0.2, 0.25) is 0 Å². The van der Waals surface area contributed by atoms with Crippen molar-refractivity contribution < 1.29 is 14.9 Å². The van der Waals surface area contributed by atoms with Crippen LogP contribution in [-0.4, -0.2) is 29.5 Å². The molecule has 1 aromatic rings. The van der Waals surface area contributed by atoms with Crippen LogP contribution in [0.25, 0.3) is 0 Å². The van der Waals surface area contributed by atoms with Crippen molar-refractivity contribution in [2.45, 2.75) is 50.8 Å². The van der Waals surface area contributed by atoms with Crippen LogP contribution in [0.4, 0.5) is 0 Å². The topological polar surface area (TPSA) is 61.7 Å². The Hall–Kier alpha value is -1.26. The molecule has 1 saturated carbocycles. The second-order valence-corrected chi connectivity index (χ2v) is 5.27. The minimum absolute atomic E-state index is 0.0205. The number of aromatic hydroxyl groups is 1. The quantitative estimate of drug-likeness (QED) is 0.782. The van der Waals surface area contributed by atoms with Gasteiger partial charge in [0.25, 0.3) is 0 Å². The van der Waals surface area contributed by atoms with Gasteiger partial charge in [0.05, 0.1) is 13.2 Å². The van der Waals surface area contributed by atoms with E-state index in [-0.39, 0.29) is 23.9 Å². The van der Waals surface area contributed by atoms with Gasteiger partial charge in [-0.1, -0.05) is 12.8 Å². The van der Waals surface area contributed by atoms with Crippen LogP contribution in [0.5, 0.6) is 11.5 Å². The van der Waals surface area contributed by atoms with Crippen LogP contribution in [-0.2, 0) is 0 Å². The molecule has 1 aromatic carbocycles. The first-order valence-corrected chi connectivity index (χ1v) is 6.93. The standard InChI is InChI=1S/C15H23NO3/c1-10(16-13-5-3-4-6-15(13)18)12-9-11(19-2)7-8-14(12)17/h7-10,13,15-18H,3-6H2,1-2H3. The number of hydrogen-bond acceptors (Lipinski definition) is 4. The van der Waals surface area contributed by atoms with E-state index in [1.807, 2.05) is 13.0 Å². The number of ether oxygens (including phenoxy) is 1. The average molecular weight is 265 g/mol. The molecule has 2 rings (SSSR count). The zero-order valence-corrected chi connectivity index (χ0v) is 11.6. The molecule has 106 valence electrons. The first-order valence-electron chi connectivity index (χ1n) is 6.93. The molecule has 4 heteroatoms. The fourth-order valence-corrected chi connectivity index (χ4v) is 2.72. The molecule has 0 bridgehead atoms. The van der Waals surface area contributed by atoms with Crippen LogP contribution >= 0.6 is 0 Å². The molecule has 1 aliphatic rings. The van der Waals surface area contributed by atoms with Crippen molar-refractivity contribution in [1.82, 2.24) is 5.32 Å². The second-order valence-electron chi connectivity index (χ2n) is 5.27. The summed E-state index contributed by atoms with van der Waals surface area (Å²) in [6, 6.07) is 5.30. The lowest BCUT2D eigenvalue weighted by Gasteiger charge is -2.31. The minimum Gasteiger partial charge on any atom is -0.508 e. The molecule has 0 amide bonds. The zero-order chi connectivity index (χ0) is 13.8. The summed E-state index contributed by atoms with van der Waals surface area (Å²) in [5.74, 6) is 0.983. The molecular weight excluding hydrogens is 242 g/mol. The molecule has 19 heavy (non-hydrogen) atoms. The molecule has 4 nitrogen and oxygen atoms in total. The first-order chi connectivity index (χ1) is 9.11. The van der Waals surface area contributed by atoms with Gasteiger partial charge in [0, 0.05) is 17.6 Å². The third kappa shape index (κ3) is 3.39. The summed E-state index contributed by atoms with van der Waals surface area (Å²) in [6.07, 6.45) is 3.79. The van der Waals surface area contributed by atoms with Gasteiger partial charge >= 0.3 is 0 Å². The second kappa shape index (κ2) is 6.26. The molecule has 3 atom stereocenters. The summed E-state index contributed by atoms with van der Waals surface area (Å²) in [5.41, 5.74) is 0.803. The van der Waals surface area contributed by atoms with Crippen molar-refractivity contribution in [1.29, 1.82) is 0 Å². The highest BCUT2D eigenvalue weighted by atomic mass is 16.5. The Kier molecular flexibility index (Phi) is 4.66. The van der Waals surface area contributed by atoms with Crippen molar-refractivity contribution >= 4 is 0 Å². The van der Waals surface area contributed by atoms with Crippen molar-refractivity contribution in [3.63, 3.8) is 0 Å². The molecule has 0 saturated heterocycles. The number of phenolic OH excluding ortho intramolecular Hbond substituents is 1. The van der Waals surface area contributed by atoms with Crippen LogP contribution < -0.4 is 10.1 Å². The lowest BCUT2D eigenvalue weighted by Crippen LogP contribution is -2.43. The number of hydrogen-bond donors (Lipinski definition) is 3. The molecule has 1 aliphatic carbocycles. The molecule has 0 spiro atoms. The minimum atomic E-state index is -0.288. The molecule has 0 aromatic heterocycles. The van der Waals surface area contributed by atoms with E-state index in [1.165, 1.54) is 0 Å². The lowest BCUT2D eigenvalue weighted by atomic mass is 9.91. The normalized spacial score (nSPS) is 25.0. The molecule has 3 unspecified atom stereocenters. The highest BCUT2D eigenvalue weighted by Gasteiger charge is 2.25. The maximum Gasteiger partial charge on any atom is 0.120 e. The van der Waals surface area contributed by atoms with Gasteiger partial charge in [-0.25, -0.2) is 0 Å². The van der Waals surface area contributed by atoms with Gasteiger partial charge in [-0.15, -0.1) is 0 Å². The van der Waals surface area contributed by atoms with E-state index >= 15 is 0 Å².